The molecular weight excluding hydrogens is 511 g/mol. The number of hydrogen-bond acceptors (Lipinski definition) is 4. The average Bonchev–Trinajstić information content (AvgIpc) is 3.73. The summed E-state index contributed by atoms with van der Waals surface area (Å²) in [5, 5.41) is 12.2. The fourth-order valence-electron chi connectivity index (χ4n) is 6.46. The molecular formula is C31H21N3S3. The summed E-state index contributed by atoms with van der Waals surface area (Å²) in [5.74, 6) is 0. The third-order valence-corrected chi connectivity index (χ3v) is 10.7. The maximum absolute atomic E-state index is 2.51. The molecule has 0 atom stereocenters. The highest BCUT2D eigenvalue weighted by atomic mass is 32.1. The van der Waals surface area contributed by atoms with Crippen molar-refractivity contribution < 1.29 is 0 Å². The van der Waals surface area contributed by atoms with E-state index in [1.807, 2.05) is 34.0 Å². The Morgan fingerprint density at radius 3 is 2.19 bits per heavy atom. The van der Waals surface area contributed by atoms with Gasteiger partial charge in [0.1, 0.15) is 0 Å². The topological polar surface area (TPSA) is 12.1 Å². The van der Waals surface area contributed by atoms with Crippen LogP contribution in [0.1, 0.15) is 18.2 Å². The molecule has 0 radical (unpaired) electrons. The van der Waals surface area contributed by atoms with Crippen molar-refractivity contribution in [3.63, 3.8) is 0 Å². The summed E-state index contributed by atoms with van der Waals surface area (Å²) in [6, 6.07) is 16.0. The Morgan fingerprint density at radius 2 is 1.46 bits per heavy atom. The lowest BCUT2D eigenvalue weighted by Gasteiger charge is -2.32. The highest BCUT2D eigenvalue weighted by molar-refractivity contribution is 7.18. The van der Waals surface area contributed by atoms with Crippen LogP contribution in [0.5, 0.6) is 0 Å². The predicted octanol–water partition coefficient (Wildman–Crippen LogP) is 9.90. The van der Waals surface area contributed by atoms with Gasteiger partial charge in [-0.2, -0.15) is 0 Å². The Labute approximate surface area is 224 Å². The van der Waals surface area contributed by atoms with Crippen molar-refractivity contribution in [2.75, 3.05) is 4.90 Å². The van der Waals surface area contributed by atoms with Crippen molar-refractivity contribution in [2.45, 2.75) is 19.9 Å². The van der Waals surface area contributed by atoms with Gasteiger partial charge in [-0.3, -0.25) is 0 Å². The van der Waals surface area contributed by atoms with Crippen LogP contribution in [0.4, 0.5) is 5.69 Å². The summed E-state index contributed by atoms with van der Waals surface area (Å²) in [5.41, 5.74) is 9.28. The third-order valence-electron chi connectivity index (χ3n) is 7.87. The molecule has 0 saturated carbocycles. The maximum atomic E-state index is 2.51. The lowest BCUT2D eigenvalue weighted by molar-refractivity contribution is 0.973. The van der Waals surface area contributed by atoms with Gasteiger partial charge in [-0.1, -0.05) is 13.0 Å². The number of allylic oxidation sites excluding steroid dienone is 1. The van der Waals surface area contributed by atoms with Gasteiger partial charge in [0.2, 0.25) is 0 Å². The van der Waals surface area contributed by atoms with Crippen molar-refractivity contribution in [3.05, 3.63) is 88.2 Å². The maximum Gasteiger partial charge on any atom is 0.0656 e. The summed E-state index contributed by atoms with van der Waals surface area (Å²) in [7, 11) is 0. The van der Waals surface area contributed by atoms with Crippen LogP contribution in [0.15, 0.2) is 83.3 Å². The minimum Gasteiger partial charge on any atom is -0.342 e. The molecule has 8 aromatic rings. The predicted molar refractivity (Wildman–Crippen MR) is 163 cm³/mol. The largest absolute Gasteiger partial charge is 0.342 e. The second kappa shape index (κ2) is 7.25. The Morgan fingerprint density at radius 1 is 0.784 bits per heavy atom. The minimum absolute atomic E-state index is 0.905. The molecule has 0 aliphatic carbocycles. The number of anilines is 1. The lowest BCUT2D eigenvalue weighted by atomic mass is 9.90. The van der Waals surface area contributed by atoms with Crippen LogP contribution in [0, 0.1) is 0 Å². The van der Waals surface area contributed by atoms with Crippen molar-refractivity contribution in [1.82, 2.24) is 8.80 Å². The average molecular weight is 532 g/mol. The molecule has 6 heteroatoms. The highest BCUT2D eigenvalue weighted by Gasteiger charge is 2.31. The van der Waals surface area contributed by atoms with Crippen LogP contribution in [0.25, 0.3) is 64.1 Å². The van der Waals surface area contributed by atoms with E-state index in [0.29, 0.717) is 0 Å². The van der Waals surface area contributed by atoms with Gasteiger partial charge < -0.3 is 13.7 Å². The van der Waals surface area contributed by atoms with Crippen LogP contribution in [-0.4, -0.2) is 8.80 Å². The molecule has 37 heavy (non-hydrogen) atoms. The van der Waals surface area contributed by atoms with Gasteiger partial charge in [0, 0.05) is 56.1 Å². The molecule has 0 fully saturated rings. The normalized spacial score (nSPS) is 13.9. The first-order valence-corrected chi connectivity index (χ1v) is 15.2. The third kappa shape index (κ3) is 2.46. The van der Waals surface area contributed by atoms with E-state index in [0.717, 1.165) is 13.0 Å². The molecule has 0 spiro atoms. The van der Waals surface area contributed by atoms with Gasteiger partial charge in [0.15, 0.2) is 0 Å². The second-order valence-electron chi connectivity index (χ2n) is 9.70. The van der Waals surface area contributed by atoms with Crippen LogP contribution in [0.3, 0.4) is 0 Å². The number of rotatable bonds is 2. The molecule has 0 amide bonds. The smallest absolute Gasteiger partial charge is 0.0656 e. The van der Waals surface area contributed by atoms with Gasteiger partial charge in [-0.15, -0.1) is 34.0 Å². The Balaban J connectivity index is 1.70. The summed E-state index contributed by atoms with van der Waals surface area (Å²) >= 11 is 5.57. The molecule has 1 aliphatic heterocycles. The van der Waals surface area contributed by atoms with Crippen LogP contribution < -0.4 is 4.90 Å². The molecule has 3 nitrogen and oxygen atoms in total. The van der Waals surface area contributed by atoms with Gasteiger partial charge in [-0.05, 0) is 65.0 Å². The van der Waals surface area contributed by atoms with Gasteiger partial charge in [-0.25, -0.2) is 0 Å². The summed E-state index contributed by atoms with van der Waals surface area (Å²) in [6.45, 7) is 3.12. The standard InChI is InChI=1S/C31H21N3S3/c1-2-3-11-32-17-23-18(8-14-35-23)24-27(32)25-19-9-15-36-30(19)21-6-5-13-34(21)29(25)26-20-10-16-37-31(20)22-7-4-12-33(22)28(24)26/h3-16H,2,17H2,1H3/b11-3-. The molecule has 1 aliphatic rings. The molecule has 178 valence electrons. The minimum atomic E-state index is 0.905. The Bertz CT molecular complexity index is 2230. The fourth-order valence-corrected chi connectivity index (χ4v) is 9.18. The van der Waals surface area contributed by atoms with Gasteiger partial charge in [0.05, 0.1) is 43.7 Å². The van der Waals surface area contributed by atoms with Crippen LogP contribution in [0.2, 0.25) is 0 Å². The molecule has 9 rings (SSSR count). The number of hydrogen-bond donors (Lipinski definition) is 0. The van der Waals surface area contributed by atoms with E-state index in [1.165, 1.54) is 74.7 Å². The lowest BCUT2D eigenvalue weighted by Crippen LogP contribution is -2.21. The van der Waals surface area contributed by atoms with E-state index < -0.39 is 0 Å². The zero-order valence-corrected chi connectivity index (χ0v) is 22.5. The molecule has 0 saturated heterocycles. The van der Waals surface area contributed by atoms with Gasteiger partial charge in [0.25, 0.3) is 0 Å². The first-order chi connectivity index (χ1) is 18.3. The molecule has 0 bridgehead atoms. The van der Waals surface area contributed by atoms with E-state index in [1.54, 1.807) is 0 Å². The van der Waals surface area contributed by atoms with E-state index in [4.69, 9.17) is 0 Å². The summed E-state index contributed by atoms with van der Waals surface area (Å²) < 4.78 is 7.62. The molecule has 8 heterocycles. The number of thiophene rings is 3. The Kier molecular flexibility index (Phi) is 4.01. The molecule has 7 aromatic heterocycles. The zero-order chi connectivity index (χ0) is 24.2. The fraction of sp³-hybridized carbons (Fsp3) is 0.0968. The van der Waals surface area contributed by atoms with E-state index in [9.17, 15) is 0 Å². The summed E-state index contributed by atoms with van der Waals surface area (Å²) in [6.07, 6.45) is 10.1. The number of nitrogens with zero attached hydrogens (tertiary/aromatic N) is 3. The first-order valence-electron chi connectivity index (χ1n) is 12.6. The monoisotopic (exact) mass is 531 g/mol. The number of aromatic nitrogens is 2. The van der Waals surface area contributed by atoms with Crippen molar-refractivity contribution in [3.8, 4) is 11.1 Å². The molecule has 1 aromatic carbocycles. The van der Waals surface area contributed by atoms with Crippen LogP contribution >= 0.6 is 34.0 Å². The number of fused-ring (bicyclic) bond motifs is 18. The quantitative estimate of drug-likeness (QED) is 0.202. The Hall–Kier alpha value is -3.58. The first kappa shape index (κ1) is 20.5. The molecule has 0 unspecified atom stereocenters. The number of benzene rings is 1. The van der Waals surface area contributed by atoms with Crippen LogP contribution in [-0.2, 0) is 6.54 Å². The highest BCUT2D eigenvalue weighted by Crippen LogP contribution is 2.54. The van der Waals surface area contributed by atoms with Crippen molar-refractivity contribution in [2.24, 2.45) is 0 Å². The van der Waals surface area contributed by atoms with Gasteiger partial charge >= 0.3 is 0 Å². The zero-order valence-electron chi connectivity index (χ0n) is 20.1. The molecule has 0 N–H and O–H groups in total. The summed E-state index contributed by atoms with van der Waals surface area (Å²) in [4.78, 5) is 3.95. The van der Waals surface area contributed by atoms with Crippen molar-refractivity contribution in [1.29, 1.82) is 0 Å². The number of pyridine rings is 2. The SMILES string of the molecule is CC/C=C\N1Cc2sccc2-c2c1c1c3ccsc3c3cccn3c1c1c3ccsc3c3cccn3c21. The van der Waals surface area contributed by atoms with E-state index in [-0.39, 0.29) is 0 Å². The van der Waals surface area contributed by atoms with Crippen molar-refractivity contribution >= 4 is 92.7 Å². The second-order valence-corrected chi connectivity index (χ2v) is 12.5. The van der Waals surface area contributed by atoms with E-state index in [2.05, 4.69) is 104 Å². The van der Waals surface area contributed by atoms with E-state index >= 15 is 0 Å².